The van der Waals surface area contributed by atoms with Gasteiger partial charge in [-0.25, -0.2) is 4.79 Å². The molecule has 1 aromatic carbocycles. The van der Waals surface area contributed by atoms with E-state index in [0.717, 1.165) is 4.90 Å². The fourth-order valence-corrected chi connectivity index (χ4v) is 3.83. The van der Waals surface area contributed by atoms with Gasteiger partial charge in [0.1, 0.15) is 19.1 Å². The van der Waals surface area contributed by atoms with Gasteiger partial charge in [0, 0.05) is 16.9 Å². The number of aliphatic carboxylic acids is 1. The molecule has 0 aliphatic carbocycles. The summed E-state index contributed by atoms with van der Waals surface area (Å²) in [5, 5.41) is 12.4. The average molecular weight is 432 g/mol. The molecule has 1 aliphatic rings. The Hall–Kier alpha value is -1.54. The molecule has 0 aromatic heterocycles. The number of hydrogen-bond donors (Lipinski definition) is 3. The molecule has 1 fully saturated rings. The van der Waals surface area contributed by atoms with Crippen LogP contribution in [0.5, 0.6) is 0 Å². The number of likely N-dealkylation sites (tertiary alicyclic amines) is 1. The van der Waals surface area contributed by atoms with Crippen molar-refractivity contribution in [3.05, 3.63) is 33.8 Å². The Balaban J connectivity index is 1.85. The molecule has 146 valence electrons. The van der Waals surface area contributed by atoms with Crippen molar-refractivity contribution in [2.24, 2.45) is 5.92 Å². The Labute approximate surface area is 171 Å². The zero-order valence-electron chi connectivity index (χ0n) is 14.9. The Morgan fingerprint density at radius 1 is 1.33 bits per heavy atom. The number of carboxylic acids is 1. The first-order valence-electron chi connectivity index (χ1n) is 8.34. The Morgan fingerprint density at radius 3 is 2.59 bits per heavy atom. The molecule has 1 aromatic rings. The number of rotatable bonds is 7. The molecule has 0 spiro atoms. The highest BCUT2D eigenvalue weighted by molar-refractivity contribution is 7.98. The zero-order chi connectivity index (χ0) is 20.1. The van der Waals surface area contributed by atoms with Gasteiger partial charge in [-0.3, -0.25) is 14.5 Å². The molecule has 2 rings (SSSR count). The second-order valence-electron chi connectivity index (χ2n) is 6.40. The fraction of sp³-hybridized carbons (Fsp3) is 0.389. The summed E-state index contributed by atoms with van der Waals surface area (Å²) in [6.45, 7) is 2.50. The molecule has 0 unspecified atom stereocenters. The molecular formula is C18H21Cl2N2O4S+. The van der Waals surface area contributed by atoms with Crippen LogP contribution in [-0.4, -0.2) is 48.3 Å². The van der Waals surface area contributed by atoms with Crippen molar-refractivity contribution in [1.29, 1.82) is 0 Å². The van der Waals surface area contributed by atoms with Crippen LogP contribution in [0.15, 0.2) is 23.1 Å². The molecule has 2 amide bonds. The maximum Gasteiger partial charge on any atom is 0.337 e. The summed E-state index contributed by atoms with van der Waals surface area (Å²) in [6, 6.07) is 3.53. The van der Waals surface area contributed by atoms with Gasteiger partial charge in [-0.2, -0.15) is 0 Å². The van der Waals surface area contributed by atoms with Gasteiger partial charge in [-0.05, 0) is 24.0 Å². The number of thioether (sulfide) groups is 1. The number of carbonyl (C=O) groups is 3. The van der Waals surface area contributed by atoms with Crippen molar-refractivity contribution in [2.75, 3.05) is 19.3 Å². The molecule has 1 aliphatic heterocycles. The van der Waals surface area contributed by atoms with Crippen LogP contribution in [-0.2, 0) is 14.4 Å². The van der Waals surface area contributed by atoms with E-state index in [1.165, 1.54) is 17.8 Å². The number of halogens is 2. The quantitative estimate of drug-likeness (QED) is 0.452. The van der Waals surface area contributed by atoms with E-state index in [1.807, 2.05) is 18.4 Å². The summed E-state index contributed by atoms with van der Waals surface area (Å²) >= 11 is 13.9. The Morgan fingerprint density at radius 2 is 2.00 bits per heavy atom. The van der Waals surface area contributed by atoms with Crippen LogP contribution in [0.25, 0.3) is 6.08 Å². The van der Waals surface area contributed by atoms with Crippen LogP contribution >= 0.6 is 35.0 Å². The van der Waals surface area contributed by atoms with E-state index in [4.69, 9.17) is 28.3 Å². The molecule has 0 radical (unpaired) electrons. The van der Waals surface area contributed by atoms with E-state index in [2.05, 4.69) is 5.32 Å². The number of carbonyl (C=O) groups excluding carboxylic acids is 2. The van der Waals surface area contributed by atoms with E-state index in [1.54, 1.807) is 13.0 Å². The van der Waals surface area contributed by atoms with E-state index < -0.39 is 11.9 Å². The van der Waals surface area contributed by atoms with Crippen molar-refractivity contribution >= 4 is 58.8 Å². The van der Waals surface area contributed by atoms with Crippen LogP contribution in [0.2, 0.25) is 10.0 Å². The minimum absolute atomic E-state index is 0.111. The SMILES string of the molecule is CSc1ccc(/C=C/C(=O)[NH+]2CC(NC(=O)[C@@H](C)CC(=O)O)C2)c(Cl)c1Cl. The third-order valence-corrected chi connectivity index (χ3v) is 6.11. The molecule has 3 N–H and O–H groups in total. The molecule has 0 bridgehead atoms. The molecule has 6 nitrogen and oxygen atoms in total. The molecule has 0 saturated carbocycles. The predicted molar refractivity (Wildman–Crippen MR) is 106 cm³/mol. The fourth-order valence-electron chi connectivity index (χ4n) is 2.65. The van der Waals surface area contributed by atoms with Crippen molar-refractivity contribution in [1.82, 2.24) is 5.32 Å². The van der Waals surface area contributed by atoms with Gasteiger partial charge in [-0.15, -0.1) is 11.8 Å². The molecular weight excluding hydrogens is 411 g/mol. The van der Waals surface area contributed by atoms with Crippen LogP contribution in [0.3, 0.4) is 0 Å². The summed E-state index contributed by atoms with van der Waals surface area (Å²) in [5.41, 5.74) is 0.667. The maximum absolute atomic E-state index is 12.2. The minimum Gasteiger partial charge on any atom is -0.481 e. The number of benzene rings is 1. The van der Waals surface area contributed by atoms with Gasteiger partial charge in [0.25, 0.3) is 0 Å². The average Bonchev–Trinajstić information content (AvgIpc) is 2.57. The van der Waals surface area contributed by atoms with Crippen molar-refractivity contribution < 1.29 is 24.4 Å². The smallest absolute Gasteiger partial charge is 0.337 e. The lowest BCUT2D eigenvalue weighted by Gasteiger charge is -2.33. The summed E-state index contributed by atoms with van der Waals surface area (Å²) in [5.74, 6) is -2.03. The lowest BCUT2D eigenvalue weighted by molar-refractivity contribution is -0.863. The second-order valence-corrected chi connectivity index (χ2v) is 8.00. The van der Waals surface area contributed by atoms with E-state index >= 15 is 0 Å². The topological polar surface area (TPSA) is 87.9 Å². The lowest BCUT2D eigenvalue weighted by Crippen LogP contribution is -3.24. The molecule has 1 atom stereocenters. The van der Waals surface area contributed by atoms with Crippen LogP contribution in [0, 0.1) is 5.92 Å². The summed E-state index contributed by atoms with van der Waals surface area (Å²) in [7, 11) is 0. The first-order chi connectivity index (χ1) is 12.7. The van der Waals surface area contributed by atoms with Crippen LogP contribution in [0.4, 0.5) is 0 Å². The first-order valence-corrected chi connectivity index (χ1v) is 10.3. The monoisotopic (exact) mass is 431 g/mol. The van der Waals surface area contributed by atoms with Crippen molar-refractivity contribution in [2.45, 2.75) is 24.3 Å². The second kappa shape index (κ2) is 9.59. The van der Waals surface area contributed by atoms with E-state index in [0.29, 0.717) is 33.6 Å². The first kappa shape index (κ1) is 21.8. The van der Waals surface area contributed by atoms with E-state index in [9.17, 15) is 14.4 Å². The van der Waals surface area contributed by atoms with Crippen molar-refractivity contribution in [3.63, 3.8) is 0 Å². The van der Waals surface area contributed by atoms with Gasteiger partial charge < -0.3 is 10.4 Å². The number of amides is 2. The summed E-state index contributed by atoms with van der Waals surface area (Å²) in [4.78, 5) is 36.3. The number of carboxylic acid groups (broad SMARTS) is 1. The minimum atomic E-state index is -1.01. The summed E-state index contributed by atoms with van der Waals surface area (Å²) in [6.07, 6.45) is 4.78. The van der Waals surface area contributed by atoms with Gasteiger partial charge in [0.2, 0.25) is 5.91 Å². The van der Waals surface area contributed by atoms with Crippen LogP contribution < -0.4 is 10.2 Å². The van der Waals surface area contributed by atoms with E-state index in [-0.39, 0.29) is 24.3 Å². The van der Waals surface area contributed by atoms with Gasteiger partial charge >= 0.3 is 11.9 Å². The number of nitrogens with one attached hydrogen (secondary N) is 2. The zero-order valence-corrected chi connectivity index (χ0v) is 17.2. The Bertz CT molecular complexity index is 779. The molecule has 27 heavy (non-hydrogen) atoms. The highest BCUT2D eigenvalue weighted by atomic mass is 35.5. The molecule has 1 heterocycles. The highest BCUT2D eigenvalue weighted by Crippen LogP contribution is 2.34. The standard InChI is InChI=1S/C18H20Cl2N2O4S/c1-10(7-15(24)25)18(26)21-12-8-22(9-12)14(23)6-4-11-3-5-13(27-2)17(20)16(11)19/h3-6,10,12H,7-9H2,1-2H3,(H,21,26)(H,24,25)/p+1/b6-4+/t10-/m0/s1. The Kier molecular flexibility index (Phi) is 7.73. The molecule has 1 saturated heterocycles. The third kappa shape index (κ3) is 5.72. The normalized spacial score (nSPS) is 20.1. The molecule has 9 heteroatoms. The number of quaternary nitrogens is 1. The largest absolute Gasteiger partial charge is 0.481 e. The third-order valence-electron chi connectivity index (χ3n) is 4.32. The maximum atomic E-state index is 12.2. The van der Waals surface area contributed by atoms with Gasteiger partial charge in [0.05, 0.1) is 16.5 Å². The van der Waals surface area contributed by atoms with Crippen molar-refractivity contribution in [3.8, 4) is 0 Å². The predicted octanol–water partition coefficient (Wildman–Crippen LogP) is 1.75. The van der Waals surface area contributed by atoms with Gasteiger partial charge in [-0.1, -0.05) is 36.2 Å². The van der Waals surface area contributed by atoms with Crippen LogP contribution in [0.1, 0.15) is 18.9 Å². The number of hydrogen-bond acceptors (Lipinski definition) is 4. The highest BCUT2D eigenvalue weighted by Gasteiger charge is 2.37. The van der Waals surface area contributed by atoms with Gasteiger partial charge in [0.15, 0.2) is 0 Å². The lowest BCUT2D eigenvalue weighted by atomic mass is 10.0. The summed E-state index contributed by atoms with van der Waals surface area (Å²) < 4.78 is 0.